The van der Waals surface area contributed by atoms with Gasteiger partial charge >= 0.3 is 0 Å². The van der Waals surface area contributed by atoms with Gasteiger partial charge in [-0.05, 0) is 12.8 Å². The van der Waals surface area contributed by atoms with Crippen LogP contribution in [0.5, 0.6) is 0 Å². The Hall–Kier alpha value is -0.830. The summed E-state index contributed by atoms with van der Waals surface area (Å²) >= 11 is 0. The summed E-state index contributed by atoms with van der Waals surface area (Å²) in [7, 11) is 0. The summed E-state index contributed by atoms with van der Waals surface area (Å²) in [5.74, 6) is 1.99. The van der Waals surface area contributed by atoms with E-state index in [1.54, 1.807) is 0 Å². The number of rotatable bonds is 34. The summed E-state index contributed by atoms with van der Waals surface area (Å²) in [4.78, 5) is 11.4. The summed E-state index contributed by atoms with van der Waals surface area (Å²) in [5, 5.41) is 9.66. The first-order valence-electron chi connectivity index (χ1n) is 17.9. The van der Waals surface area contributed by atoms with Crippen molar-refractivity contribution >= 4 is 5.94 Å². The molecule has 0 rings (SSSR count). The van der Waals surface area contributed by atoms with Crippen molar-refractivity contribution in [1.82, 2.24) is 0 Å². The van der Waals surface area contributed by atoms with Crippen LogP contribution in [0.1, 0.15) is 194 Å². The molecule has 0 heterocycles. The molecule has 0 fully saturated rings. The molecule has 0 aromatic rings. The molecule has 0 saturated carbocycles. The third-order valence-electron chi connectivity index (χ3n) is 8.13. The lowest BCUT2D eigenvalue weighted by molar-refractivity contribution is -0.00278. The zero-order valence-electron chi connectivity index (χ0n) is 27.2. The van der Waals surface area contributed by atoms with Gasteiger partial charge < -0.3 is 14.6 Å². The summed E-state index contributed by atoms with van der Waals surface area (Å²) < 4.78 is 11.4. The van der Waals surface area contributed by atoms with E-state index in [-0.39, 0.29) is 12.4 Å². The molecule has 1 atom stereocenters. The third-order valence-corrected chi connectivity index (χ3v) is 8.13. The van der Waals surface area contributed by atoms with Gasteiger partial charge in [0.2, 0.25) is 5.76 Å². The fourth-order valence-corrected chi connectivity index (χ4v) is 5.40. The fraction of sp³-hybridized carbons (Fsp3) is 0.944. The van der Waals surface area contributed by atoms with Crippen molar-refractivity contribution in [2.75, 3.05) is 19.8 Å². The highest BCUT2D eigenvalue weighted by molar-refractivity contribution is 5.51. The lowest BCUT2D eigenvalue weighted by atomic mass is 10.0. The van der Waals surface area contributed by atoms with Crippen molar-refractivity contribution in [2.45, 2.75) is 200 Å². The van der Waals surface area contributed by atoms with E-state index in [4.69, 9.17) is 9.47 Å². The molecule has 4 nitrogen and oxygen atoms in total. The molecule has 0 amide bonds. The maximum absolute atomic E-state index is 11.4. The molecule has 238 valence electrons. The van der Waals surface area contributed by atoms with Crippen LogP contribution < -0.4 is 0 Å². The van der Waals surface area contributed by atoms with Gasteiger partial charge in [-0.25, -0.2) is 4.79 Å². The van der Waals surface area contributed by atoms with Gasteiger partial charge in [-0.2, -0.15) is 0 Å². The predicted molar refractivity (Wildman–Crippen MR) is 173 cm³/mol. The van der Waals surface area contributed by atoms with Gasteiger partial charge in [0.05, 0.1) is 13.2 Å². The van der Waals surface area contributed by atoms with Gasteiger partial charge in [0.25, 0.3) is 0 Å². The molecule has 0 aromatic carbocycles. The Bertz CT molecular complexity index is 529. The Labute approximate surface area is 250 Å². The fourth-order valence-electron chi connectivity index (χ4n) is 5.40. The number of aliphatic hydroxyl groups excluding tert-OH is 1. The summed E-state index contributed by atoms with van der Waals surface area (Å²) in [5.41, 5.74) is 0. The van der Waals surface area contributed by atoms with Crippen molar-refractivity contribution in [1.29, 1.82) is 0 Å². The first-order valence-corrected chi connectivity index (χ1v) is 17.9. The minimum Gasteiger partial charge on any atom is -0.484 e. The quantitative estimate of drug-likeness (QED) is 0.0478. The maximum atomic E-state index is 11.4. The monoisotopic (exact) mass is 567 g/mol. The zero-order valence-corrected chi connectivity index (χ0v) is 27.2. The summed E-state index contributed by atoms with van der Waals surface area (Å²) in [6.45, 7) is 5.37. The van der Waals surface area contributed by atoms with Crippen LogP contribution in [0.3, 0.4) is 0 Å². The van der Waals surface area contributed by atoms with E-state index < -0.39 is 6.10 Å². The number of hydrogen-bond donors (Lipinski definition) is 1. The lowest BCUT2D eigenvalue weighted by Crippen LogP contribution is -2.23. The van der Waals surface area contributed by atoms with Gasteiger partial charge in [-0.1, -0.05) is 181 Å². The van der Waals surface area contributed by atoms with Crippen LogP contribution in [-0.4, -0.2) is 37.0 Å². The van der Waals surface area contributed by atoms with Gasteiger partial charge in [0.15, 0.2) is 5.94 Å². The van der Waals surface area contributed by atoms with Crippen LogP contribution >= 0.6 is 0 Å². The predicted octanol–water partition coefficient (Wildman–Crippen LogP) is 11.1. The molecule has 0 bridgehead atoms. The Balaban J connectivity index is 3.53. The minimum absolute atomic E-state index is 0.127. The second-order valence-corrected chi connectivity index (χ2v) is 12.0. The van der Waals surface area contributed by atoms with Crippen LogP contribution in [0.2, 0.25) is 0 Å². The van der Waals surface area contributed by atoms with Crippen LogP contribution in [0, 0.1) is 0 Å². The van der Waals surface area contributed by atoms with Crippen LogP contribution in [0.25, 0.3) is 0 Å². The highest BCUT2D eigenvalue weighted by Crippen LogP contribution is 2.15. The summed E-state index contributed by atoms with van der Waals surface area (Å²) in [6, 6.07) is 0. The largest absolute Gasteiger partial charge is 0.484 e. The average Bonchev–Trinajstić information content (AvgIpc) is 2.97. The second kappa shape index (κ2) is 34.4. The van der Waals surface area contributed by atoms with Crippen molar-refractivity contribution in [2.24, 2.45) is 0 Å². The molecule has 1 N–H and O–H groups in total. The topological polar surface area (TPSA) is 55.8 Å². The van der Waals surface area contributed by atoms with E-state index in [0.29, 0.717) is 13.2 Å². The Kier molecular flexibility index (Phi) is 33.7. The van der Waals surface area contributed by atoms with Crippen molar-refractivity contribution < 1.29 is 19.4 Å². The smallest absolute Gasteiger partial charge is 0.211 e. The second-order valence-electron chi connectivity index (χ2n) is 12.0. The maximum Gasteiger partial charge on any atom is 0.211 e. The molecular formula is C36H70O4. The molecular weight excluding hydrogens is 496 g/mol. The SMILES string of the molecule is CCCCCCCCCCCCCCCCOC(=C=O)C(CO)OCCCCCCCCCCCCCCCC. The molecule has 4 heteroatoms. The van der Waals surface area contributed by atoms with Gasteiger partial charge in [-0.3, -0.25) is 0 Å². The normalized spacial score (nSPS) is 12.0. The third kappa shape index (κ3) is 28.7. The molecule has 0 aliphatic rings. The van der Waals surface area contributed by atoms with E-state index in [9.17, 15) is 9.90 Å². The van der Waals surface area contributed by atoms with Crippen LogP contribution in [0.4, 0.5) is 0 Å². The molecule has 1 unspecified atom stereocenters. The van der Waals surface area contributed by atoms with E-state index in [1.165, 1.54) is 154 Å². The molecule has 0 aliphatic carbocycles. The number of carbonyl (C=O) groups excluding carboxylic acids is 1. The Morgan fingerprint density at radius 1 is 0.500 bits per heavy atom. The van der Waals surface area contributed by atoms with Crippen LogP contribution in [0.15, 0.2) is 5.76 Å². The van der Waals surface area contributed by atoms with Crippen molar-refractivity contribution in [3.05, 3.63) is 5.76 Å². The number of ether oxygens (including phenoxy) is 2. The van der Waals surface area contributed by atoms with E-state index >= 15 is 0 Å². The Morgan fingerprint density at radius 2 is 0.800 bits per heavy atom. The minimum atomic E-state index is -0.675. The van der Waals surface area contributed by atoms with Gasteiger partial charge in [-0.15, -0.1) is 0 Å². The van der Waals surface area contributed by atoms with Gasteiger partial charge in [0, 0.05) is 6.61 Å². The molecule has 0 aromatic heterocycles. The zero-order chi connectivity index (χ0) is 29.2. The first kappa shape index (κ1) is 39.2. The lowest BCUT2D eigenvalue weighted by Gasteiger charge is -2.17. The van der Waals surface area contributed by atoms with E-state index in [0.717, 1.165) is 25.7 Å². The highest BCUT2D eigenvalue weighted by atomic mass is 16.5. The standard InChI is InChI=1S/C36H70O4/c1-3-5-7-9-11-13-15-17-19-21-23-25-27-29-31-39-35(33-37)36(34-38)40-32-30-28-26-24-22-20-18-16-14-12-10-8-6-4-2/h35,37H,3-33H2,1-2H3. The van der Waals surface area contributed by atoms with Crippen molar-refractivity contribution in [3.8, 4) is 0 Å². The molecule has 40 heavy (non-hydrogen) atoms. The highest BCUT2D eigenvalue weighted by Gasteiger charge is 2.17. The van der Waals surface area contributed by atoms with Crippen LogP contribution in [-0.2, 0) is 14.3 Å². The molecule has 0 radical (unpaired) electrons. The number of unbranched alkanes of at least 4 members (excludes halogenated alkanes) is 26. The Morgan fingerprint density at radius 3 is 1.10 bits per heavy atom. The molecule has 0 spiro atoms. The van der Waals surface area contributed by atoms with E-state index in [2.05, 4.69) is 13.8 Å². The first-order chi connectivity index (χ1) is 19.8. The molecule has 0 saturated heterocycles. The van der Waals surface area contributed by atoms with E-state index in [1.807, 2.05) is 5.94 Å². The average molecular weight is 567 g/mol. The number of hydrogen-bond acceptors (Lipinski definition) is 4. The number of aliphatic hydroxyl groups is 1. The van der Waals surface area contributed by atoms with Crippen molar-refractivity contribution in [3.63, 3.8) is 0 Å². The molecule has 0 aliphatic heterocycles. The summed E-state index contributed by atoms with van der Waals surface area (Å²) in [6.07, 6.45) is 36.2. The van der Waals surface area contributed by atoms with Gasteiger partial charge in [0.1, 0.15) is 6.10 Å².